The van der Waals surface area contributed by atoms with Crippen molar-refractivity contribution >= 4 is 11.7 Å². The van der Waals surface area contributed by atoms with Crippen molar-refractivity contribution in [2.24, 2.45) is 0 Å². The van der Waals surface area contributed by atoms with Crippen LogP contribution in [0.5, 0.6) is 0 Å². The molecule has 140 valence electrons. The van der Waals surface area contributed by atoms with Gasteiger partial charge in [-0.2, -0.15) is 0 Å². The van der Waals surface area contributed by atoms with Crippen molar-refractivity contribution in [2.45, 2.75) is 13.3 Å². The number of aromatic nitrogens is 3. The van der Waals surface area contributed by atoms with Crippen molar-refractivity contribution in [2.75, 3.05) is 25.6 Å². The number of benzene rings is 1. The molecule has 0 aliphatic heterocycles. The lowest BCUT2D eigenvalue weighted by Crippen LogP contribution is -2.34. The van der Waals surface area contributed by atoms with E-state index in [1.54, 1.807) is 35.1 Å². The molecule has 0 saturated carbocycles. The average molecular weight is 369 g/mol. The van der Waals surface area contributed by atoms with Gasteiger partial charge in [0.25, 0.3) is 6.39 Å². The predicted molar refractivity (Wildman–Crippen MR) is 96.2 cm³/mol. The van der Waals surface area contributed by atoms with E-state index in [0.29, 0.717) is 42.6 Å². The predicted octanol–water partition coefficient (Wildman–Crippen LogP) is 1.65. The molecule has 8 heteroatoms. The van der Waals surface area contributed by atoms with Crippen LogP contribution in [0.15, 0.2) is 53.4 Å². The van der Waals surface area contributed by atoms with E-state index in [4.69, 9.17) is 19.6 Å². The van der Waals surface area contributed by atoms with E-state index in [1.165, 1.54) is 6.39 Å². The van der Waals surface area contributed by atoms with Gasteiger partial charge in [0.1, 0.15) is 6.61 Å². The molecule has 0 fully saturated rings. The molecule has 0 amide bonds. The third-order valence-corrected chi connectivity index (χ3v) is 3.73. The van der Waals surface area contributed by atoms with Crippen LogP contribution in [0.2, 0.25) is 0 Å². The third kappa shape index (κ3) is 5.11. The molecule has 0 spiro atoms. The lowest BCUT2D eigenvalue weighted by atomic mass is 10.2. The SMILES string of the molecule is Cc1cc(N)cnc1-[n+]1coc(CCOCCOC(=O)c2ccccc2)n1. The van der Waals surface area contributed by atoms with Crippen LogP contribution in [-0.4, -0.2) is 35.9 Å². The first-order chi connectivity index (χ1) is 13.1. The Kier molecular flexibility index (Phi) is 6.11. The molecular formula is C19H21N4O4+. The summed E-state index contributed by atoms with van der Waals surface area (Å²) in [6, 6.07) is 10.7. The number of carbonyl (C=O) groups is 1. The van der Waals surface area contributed by atoms with Crippen molar-refractivity contribution in [1.82, 2.24) is 10.1 Å². The van der Waals surface area contributed by atoms with E-state index in [-0.39, 0.29) is 12.6 Å². The summed E-state index contributed by atoms with van der Waals surface area (Å²) in [5, 5.41) is 4.34. The number of anilines is 1. The molecule has 0 atom stereocenters. The van der Waals surface area contributed by atoms with Crippen molar-refractivity contribution in [3.8, 4) is 5.82 Å². The fourth-order valence-corrected chi connectivity index (χ4v) is 2.43. The topological polar surface area (TPSA) is 104 Å². The zero-order valence-electron chi connectivity index (χ0n) is 15.0. The minimum Gasteiger partial charge on any atom is -0.460 e. The van der Waals surface area contributed by atoms with Crippen LogP contribution in [0.25, 0.3) is 5.82 Å². The molecule has 2 aromatic heterocycles. The second-order valence-electron chi connectivity index (χ2n) is 5.84. The molecule has 0 aliphatic carbocycles. The lowest BCUT2D eigenvalue weighted by Gasteiger charge is -2.05. The Bertz CT molecular complexity index is 896. The average Bonchev–Trinajstić information content (AvgIpc) is 3.13. The molecule has 0 unspecified atom stereocenters. The van der Waals surface area contributed by atoms with Gasteiger partial charge >= 0.3 is 11.8 Å². The van der Waals surface area contributed by atoms with Crippen LogP contribution in [0, 0.1) is 6.92 Å². The first-order valence-electron chi connectivity index (χ1n) is 8.52. The number of hydrogen-bond acceptors (Lipinski definition) is 7. The first-order valence-corrected chi connectivity index (χ1v) is 8.52. The molecule has 27 heavy (non-hydrogen) atoms. The van der Waals surface area contributed by atoms with Gasteiger partial charge in [0, 0.05) is 5.56 Å². The lowest BCUT2D eigenvalue weighted by molar-refractivity contribution is -0.664. The van der Waals surface area contributed by atoms with E-state index in [9.17, 15) is 4.79 Å². The Morgan fingerprint density at radius 1 is 1.22 bits per heavy atom. The standard InChI is InChI=1S/C19H21N4O4/c1-14-11-16(20)12-21-18(14)23-13-27-17(22-23)7-8-25-9-10-26-19(24)15-5-3-2-4-6-15/h2-6,11-13H,7-10,20H2,1H3/q+1. The highest BCUT2D eigenvalue weighted by molar-refractivity contribution is 5.89. The minimum absolute atomic E-state index is 0.188. The summed E-state index contributed by atoms with van der Waals surface area (Å²) in [5.41, 5.74) is 7.72. The molecule has 2 heterocycles. The molecule has 3 aromatic rings. The molecule has 0 bridgehead atoms. The van der Waals surface area contributed by atoms with Crippen molar-refractivity contribution in [1.29, 1.82) is 0 Å². The number of nitrogens with two attached hydrogens (primary N) is 1. The Hall–Kier alpha value is -3.26. The first kappa shape index (κ1) is 18.5. The van der Waals surface area contributed by atoms with E-state index < -0.39 is 0 Å². The largest absolute Gasteiger partial charge is 0.460 e. The monoisotopic (exact) mass is 369 g/mol. The molecule has 1 aromatic carbocycles. The van der Waals surface area contributed by atoms with Crippen molar-refractivity contribution < 1.29 is 23.4 Å². The van der Waals surface area contributed by atoms with Crippen LogP contribution >= 0.6 is 0 Å². The molecule has 2 N–H and O–H groups in total. The number of rotatable bonds is 8. The smallest absolute Gasteiger partial charge is 0.353 e. The third-order valence-electron chi connectivity index (χ3n) is 3.73. The van der Waals surface area contributed by atoms with Gasteiger partial charge in [-0.3, -0.25) is 0 Å². The zero-order valence-corrected chi connectivity index (χ0v) is 15.0. The summed E-state index contributed by atoms with van der Waals surface area (Å²) in [4.78, 5) is 16.0. The number of carbonyl (C=O) groups excluding carboxylic acids is 1. The van der Waals surface area contributed by atoms with Gasteiger partial charge in [0.15, 0.2) is 6.20 Å². The number of hydrogen-bond donors (Lipinski definition) is 1. The number of nitrogens with zero attached hydrogens (tertiary/aromatic N) is 3. The van der Waals surface area contributed by atoms with Crippen molar-refractivity contribution in [3.63, 3.8) is 0 Å². The van der Waals surface area contributed by atoms with Gasteiger partial charge in [0.05, 0.1) is 30.9 Å². The summed E-state index contributed by atoms with van der Waals surface area (Å²) < 4.78 is 17.6. The number of pyridine rings is 1. The maximum atomic E-state index is 11.8. The molecule has 0 aliphatic rings. The van der Waals surface area contributed by atoms with E-state index in [1.807, 2.05) is 19.1 Å². The second-order valence-corrected chi connectivity index (χ2v) is 5.84. The zero-order chi connectivity index (χ0) is 19.1. The Labute approximate surface area is 156 Å². The number of nitrogen functional groups attached to an aromatic ring is 1. The fraction of sp³-hybridized carbons (Fsp3) is 0.263. The summed E-state index contributed by atoms with van der Waals surface area (Å²) in [7, 11) is 0. The highest BCUT2D eigenvalue weighted by Gasteiger charge is 2.17. The van der Waals surface area contributed by atoms with Crippen LogP contribution in [0.1, 0.15) is 21.8 Å². The van der Waals surface area contributed by atoms with Crippen LogP contribution in [0.4, 0.5) is 5.69 Å². The number of aryl methyl sites for hydroxylation is 1. The highest BCUT2D eigenvalue weighted by atomic mass is 16.6. The summed E-state index contributed by atoms with van der Waals surface area (Å²) in [6.07, 6.45) is 3.56. The maximum Gasteiger partial charge on any atom is 0.353 e. The molecular weight excluding hydrogens is 348 g/mol. The summed E-state index contributed by atoms with van der Waals surface area (Å²) in [6.45, 7) is 2.79. The Morgan fingerprint density at radius 2 is 2.04 bits per heavy atom. The Balaban J connectivity index is 1.39. The van der Waals surface area contributed by atoms with Gasteiger partial charge < -0.3 is 19.6 Å². The molecule has 8 nitrogen and oxygen atoms in total. The van der Waals surface area contributed by atoms with E-state index in [2.05, 4.69) is 10.1 Å². The quantitative estimate of drug-likeness (QED) is 0.366. The van der Waals surface area contributed by atoms with Crippen LogP contribution in [0.3, 0.4) is 0 Å². The van der Waals surface area contributed by atoms with Gasteiger partial charge in [0.2, 0.25) is 5.89 Å². The van der Waals surface area contributed by atoms with Crippen LogP contribution in [-0.2, 0) is 15.9 Å². The van der Waals surface area contributed by atoms with Gasteiger partial charge in [-0.1, -0.05) is 22.9 Å². The van der Waals surface area contributed by atoms with Crippen LogP contribution < -0.4 is 10.4 Å². The Morgan fingerprint density at radius 3 is 2.81 bits per heavy atom. The normalized spacial score (nSPS) is 10.7. The minimum atomic E-state index is -0.362. The van der Waals surface area contributed by atoms with E-state index >= 15 is 0 Å². The van der Waals surface area contributed by atoms with Gasteiger partial charge in [-0.05, 0) is 35.2 Å². The number of ether oxygens (including phenoxy) is 2. The maximum absolute atomic E-state index is 11.8. The second kappa shape index (κ2) is 8.91. The van der Waals surface area contributed by atoms with Gasteiger partial charge in [-0.25, -0.2) is 4.79 Å². The van der Waals surface area contributed by atoms with Gasteiger partial charge in [-0.15, -0.1) is 0 Å². The molecule has 0 saturated heterocycles. The molecule has 0 radical (unpaired) electrons. The summed E-state index contributed by atoms with van der Waals surface area (Å²) >= 11 is 0. The van der Waals surface area contributed by atoms with E-state index in [0.717, 1.165) is 5.56 Å². The highest BCUT2D eigenvalue weighted by Crippen LogP contribution is 2.08. The summed E-state index contributed by atoms with van der Waals surface area (Å²) in [5.74, 6) is 0.821. The van der Waals surface area contributed by atoms with Crippen molar-refractivity contribution in [3.05, 3.63) is 66.0 Å². The fourth-order valence-electron chi connectivity index (χ4n) is 2.43. The number of esters is 1. The molecule has 3 rings (SSSR count).